The molecule has 3 aromatic rings. The number of fused-ring (bicyclic) bond motifs is 2. The van der Waals surface area contributed by atoms with E-state index in [1.54, 1.807) is 24.3 Å². The second kappa shape index (κ2) is 4.77. The molecule has 24 heavy (non-hydrogen) atoms. The van der Waals surface area contributed by atoms with Crippen molar-refractivity contribution in [3.05, 3.63) is 71.2 Å². The smallest absolute Gasteiger partial charge is 0.261 e. The van der Waals surface area contributed by atoms with Crippen molar-refractivity contribution in [2.45, 2.75) is 25.3 Å². The van der Waals surface area contributed by atoms with Crippen molar-refractivity contribution >= 4 is 17.5 Å². The first-order valence-electron chi connectivity index (χ1n) is 8.13. The molecule has 2 aromatic heterocycles. The molecule has 2 aliphatic rings. The molecule has 0 radical (unpaired) electrons. The van der Waals surface area contributed by atoms with E-state index in [1.807, 2.05) is 16.7 Å². The summed E-state index contributed by atoms with van der Waals surface area (Å²) in [6.07, 6.45) is 6.51. The SMILES string of the molecule is O=C1c2ccccc2C(=O)N1Cc1cn2cc(C3CC3)ccc2n1. The van der Waals surface area contributed by atoms with E-state index in [0.717, 1.165) is 11.3 Å². The van der Waals surface area contributed by atoms with E-state index < -0.39 is 0 Å². The standard InChI is InChI=1S/C19H15N3O2/c23-18-15-3-1-2-4-16(15)19(24)22(18)11-14-10-21-9-13(12-5-6-12)7-8-17(21)20-14/h1-4,7-10,12H,5-6,11H2. The number of hydrogen-bond donors (Lipinski definition) is 0. The van der Waals surface area contributed by atoms with Crippen LogP contribution < -0.4 is 0 Å². The van der Waals surface area contributed by atoms with Crippen LogP contribution in [0, 0.1) is 0 Å². The molecule has 0 spiro atoms. The molecule has 118 valence electrons. The van der Waals surface area contributed by atoms with Crippen LogP contribution in [0.15, 0.2) is 48.8 Å². The van der Waals surface area contributed by atoms with E-state index in [0.29, 0.717) is 17.0 Å². The van der Waals surface area contributed by atoms with E-state index in [1.165, 1.54) is 23.3 Å². The molecule has 1 aromatic carbocycles. The highest BCUT2D eigenvalue weighted by molar-refractivity contribution is 6.21. The Labute approximate surface area is 138 Å². The second-order valence-corrected chi connectivity index (χ2v) is 6.48. The summed E-state index contributed by atoms with van der Waals surface area (Å²) in [4.78, 5) is 30.7. The lowest BCUT2D eigenvalue weighted by molar-refractivity contribution is 0.0640. The minimum Gasteiger partial charge on any atom is -0.306 e. The second-order valence-electron chi connectivity index (χ2n) is 6.48. The number of aromatic nitrogens is 2. The van der Waals surface area contributed by atoms with Gasteiger partial charge in [-0.3, -0.25) is 14.5 Å². The van der Waals surface area contributed by atoms with Crippen LogP contribution in [0.2, 0.25) is 0 Å². The minimum atomic E-state index is -0.244. The molecule has 0 atom stereocenters. The van der Waals surface area contributed by atoms with Crippen molar-refractivity contribution in [3.8, 4) is 0 Å². The highest BCUT2D eigenvalue weighted by Crippen LogP contribution is 2.39. The molecule has 2 amide bonds. The fourth-order valence-electron chi connectivity index (χ4n) is 3.34. The Hall–Kier alpha value is -2.95. The fourth-order valence-corrected chi connectivity index (χ4v) is 3.34. The summed E-state index contributed by atoms with van der Waals surface area (Å²) in [6, 6.07) is 11.1. The maximum atomic E-state index is 12.4. The third kappa shape index (κ3) is 1.98. The lowest BCUT2D eigenvalue weighted by atomic mass is 10.1. The number of pyridine rings is 1. The van der Waals surface area contributed by atoms with Crippen molar-refractivity contribution in [2.24, 2.45) is 0 Å². The molecular formula is C19H15N3O2. The van der Waals surface area contributed by atoms with Crippen molar-refractivity contribution in [2.75, 3.05) is 0 Å². The number of carbonyl (C=O) groups is 2. The van der Waals surface area contributed by atoms with Gasteiger partial charge in [0, 0.05) is 12.4 Å². The first-order chi connectivity index (χ1) is 11.7. The number of nitrogens with zero attached hydrogens (tertiary/aromatic N) is 3. The van der Waals surface area contributed by atoms with Crippen LogP contribution in [0.4, 0.5) is 0 Å². The van der Waals surface area contributed by atoms with Gasteiger partial charge in [-0.25, -0.2) is 4.98 Å². The third-order valence-corrected chi connectivity index (χ3v) is 4.77. The van der Waals surface area contributed by atoms with Crippen LogP contribution in [-0.2, 0) is 6.54 Å². The van der Waals surface area contributed by atoms with E-state index in [9.17, 15) is 9.59 Å². The molecule has 1 aliphatic carbocycles. The Kier molecular flexibility index (Phi) is 2.68. The zero-order chi connectivity index (χ0) is 16.3. The number of imidazole rings is 1. The predicted octanol–water partition coefficient (Wildman–Crippen LogP) is 3.01. The zero-order valence-corrected chi connectivity index (χ0v) is 13.0. The van der Waals surface area contributed by atoms with Crippen LogP contribution >= 0.6 is 0 Å². The van der Waals surface area contributed by atoms with E-state index >= 15 is 0 Å². The van der Waals surface area contributed by atoms with Crippen LogP contribution in [0.5, 0.6) is 0 Å². The lowest BCUT2D eigenvalue weighted by Gasteiger charge is -2.11. The quantitative estimate of drug-likeness (QED) is 0.698. The maximum absolute atomic E-state index is 12.4. The Balaban J connectivity index is 1.47. The Morgan fingerprint density at radius 1 is 0.958 bits per heavy atom. The summed E-state index contributed by atoms with van der Waals surface area (Å²) in [5.74, 6) is 0.189. The Morgan fingerprint density at radius 3 is 2.33 bits per heavy atom. The number of carbonyl (C=O) groups excluding carboxylic acids is 2. The van der Waals surface area contributed by atoms with Gasteiger partial charge in [0.2, 0.25) is 0 Å². The number of amides is 2. The fraction of sp³-hybridized carbons (Fsp3) is 0.211. The van der Waals surface area contributed by atoms with Gasteiger partial charge in [-0.05, 0) is 42.5 Å². The van der Waals surface area contributed by atoms with Gasteiger partial charge in [0.05, 0.1) is 23.4 Å². The van der Waals surface area contributed by atoms with Gasteiger partial charge in [-0.15, -0.1) is 0 Å². The molecule has 1 saturated carbocycles. The predicted molar refractivity (Wildman–Crippen MR) is 87.8 cm³/mol. The van der Waals surface area contributed by atoms with E-state index in [2.05, 4.69) is 17.2 Å². The van der Waals surface area contributed by atoms with E-state index in [4.69, 9.17) is 0 Å². The Morgan fingerprint density at radius 2 is 1.67 bits per heavy atom. The molecule has 0 N–H and O–H groups in total. The molecule has 1 aliphatic heterocycles. The number of rotatable bonds is 3. The normalized spacial score (nSPS) is 16.9. The van der Waals surface area contributed by atoms with Crippen molar-refractivity contribution in [1.82, 2.24) is 14.3 Å². The van der Waals surface area contributed by atoms with Gasteiger partial charge in [0.1, 0.15) is 5.65 Å². The topological polar surface area (TPSA) is 54.7 Å². The Bertz CT molecular complexity index is 966. The van der Waals surface area contributed by atoms with Crippen LogP contribution in [0.3, 0.4) is 0 Å². The van der Waals surface area contributed by atoms with Gasteiger partial charge in [-0.2, -0.15) is 0 Å². The minimum absolute atomic E-state index is 0.201. The highest BCUT2D eigenvalue weighted by Gasteiger charge is 2.35. The summed E-state index contributed by atoms with van der Waals surface area (Å²) in [7, 11) is 0. The molecule has 0 saturated heterocycles. The summed E-state index contributed by atoms with van der Waals surface area (Å²) in [5, 5.41) is 0. The average molecular weight is 317 g/mol. The molecule has 0 bridgehead atoms. The third-order valence-electron chi connectivity index (χ3n) is 4.77. The summed E-state index contributed by atoms with van der Waals surface area (Å²) in [6.45, 7) is 0.201. The van der Waals surface area contributed by atoms with Crippen LogP contribution in [0.1, 0.15) is 50.7 Å². The number of hydrogen-bond acceptors (Lipinski definition) is 3. The molecule has 5 nitrogen and oxygen atoms in total. The summed E-state index contributed by atoms with van der Waals surface area (Å²) < 4.78 is 1.99. The lowest BCUT2D eigenvalue weighted by Crippen LogP contribution is -2.29. The highest BCUT2D eigenvalue weighted by atomic mass is 16.2. The van der Waals surface area contributed by atoms with Gasteiger partial charge in [0.15, 0.2) is 0 Å². The largest absolute Gasteiger partial charge is 0.306 e. The molecule has 1 fully saturated rings. The average Bonchev–Trinajstić information content (AvgIpc) is 3.33. The van der Waals surface area contributed by atoms with Crippen molar-refractivity contribution < 1.29 is 9.59 Å². The first-order valence-corrected chi connectivity index (χ1v) is 8.13. The van der Waals surface area contributed by atoms with Crippen molar-refractivity contribution in [1.29, 1.82) is 0 Å². The van der Waals surface area contributed by atoms with Gasteiger partial charge >= 0.3 is 0 Å². The number of imide groups is 1. The molecule has 3 heterocycles. The molecule has 5 heteroatoms. The monoisotopic (exact) mass is 317 g/mol. The summed E-state index contributed by atoms with van der Waals surface area (Å²) >= 11 is 0. The molecular weight excluding hydrogens is 302 g/mol. The van der Waals surface area contributed by atoms with E-state index in [-0.39, 0.29) is 18.4 Å². The molecule has 0 unspecified atom stereocenters. The number of benzene rings is 1. The van der Waals surface area contributed by atoms with Gasteiger partial charge < -0.3 is 4.40 Å². The maximum Gasteiger partial charge on any atom is 0.261 e. The molecule has 5 rings (SSSR count). The van der Waals surface area contributed by atoms with Crippen LogP contribution in [0.25, 0.3) is 5.65 Å². The zero-order valence-electron chi connectivity index (χ0n) is 13.0. The van der Waals surface area contributed by atoms with Crippen molar-refractivity contribution in [3.63, 3.8) is 0 Å². The summed E-state index contributed by atoms with van der Waals surface area (Å²) in [5.41, 5.74) is 3.83. The first kappa shape index (κ1) is 13.5. The van der Waals surface area contributed by atoms with Gasteiger partial charge in [0.25, 0.3) is 11.8 Å². The van der Waals surface area contributed by atoms with Crippen LogP contribution in [-0.4, -0.2) is 26.1 Å². The van der Waals surface area contributed by atoms with Gasteiger partial charge in [-0.1, -0.05) is 18.2 Å².